The Morgan fingerprint density at radius 1 is 0.750 bits per heavy atom. The molecule has 0 atom stereocenters. The van der Waals surface area contributed by atoms with Crippen LogP contribution in [0.2, 0.25) is 0 Å². The Bertz CT molecular complexity index is 1220. The van der Waals surface area contributed by atoms with Crippen LogP contribution in [0.4, 0.5) is 0 Å². The number of Topliss-reactive ketones (excluding diaryl/α,β-unsaturated/α-hetero) is 2. The van der Waals surface area contributed by atoms with Crippen molar-refractivity contribution in [3.8, 4) is 0 Å². The Hall–Kier alpha value is -3.99. The summed E-state index contributed by atoms with van der Waals surface area (Å²) >= 11 is 1.38. The molecule has 0 unspecified atom stereocenters. The molecule has 40 heavy (non-hydrogen) atoms. The molecule has 0 aliphatic rings. The lowest BCUT2D eigenvalue weighted by atomic mass is 9.90. The van der Waals surface area contributed by atoms with Gasteiger partial charge in [-0.3, -0.25) is 19.2 Å². The molecule has 0 saturated heterocycles. The first-order chi connectivity index (χ1) is 18.9. The number of benzene rings is 2. The van der Waals surface area contributed by atoms with E-state index in [-0.39, 0.29) is 37.1 Å². The molecule has 1 N–H and O–H groups in total. The highest BCUT2D eigenvalue weighted by Crippen LogP contribution is 2.29. The van der Waals surface area contributed by atoms with Crippen molar-refractivity contribution >= 4 is 47.1 Å². The van der Waals surface area contributed by atoms with Gasteiger partial charge in [-0.2, -0.15) is 0 Å². The lowest BCUT2D eigenvalue weighted by Gasteiger charge is -2.29. The number of carbonyl (C=O) groups is 6. The number of rotatable bonds is 14. The monoisotopic (exact) mass is 571 g/mol. The highest BCUT2D eigenvalue weighted by Gasteiger charge is 2.51. The van der Waals surface area contributed by atoms with Crippen LogP contribution in [-0.4, -0.2) is 60.7 Å². The van der Waals surface area contributed by atoms with Crippen molar-refractivity contribution in [1.82, 2.24) is 5.32 Å². The van der Waals surface area contributed by atoms with E-state index in [2.05, 4.69) is 5.32 Å². The van der Waals surface area contributed by atoms with Crippen LogP contribution in [0.15, 0.2) is 58.3 Å². The minimum atomic E-state index is -2.31. The fraction of sp³-hybridized carbons (Fsp3) is 0.379. The van der Waals surface area contributed by atoms with Crippen LogP contribution in [0.3, 0.4) is 0 Å². The zero-order valence-corrected chi connectivity index (χ0v) is 23.9. The first-order valence-electron chi connectivity index (χ1n) is 12.7. The number of ether oxygens (including phenoxy) is 3. The molecular weight excluding hydrogens is 538 g/mol. The molecule has 2 aromatic rings. The number of carbonyl (C=O) groups excluding carboxylic acids is 6. The van der Waals surface area contributed by atoms with Gasteiger partial charge in [-0.05, 0) is 38.1 Å². The van der Waals surface area contributed by atoms with Crippen molar-refractivity contribution in [3.05, 3.63) is 59.7 Å². The van der Waals surface area contributed by atoms with E-state index in [1.807, 2.05) is 0 Å². The van der Waals surface area contributed by atoms with E-state index in [1.54, 1.807) is 62.4 Å². The first-order valence-corrected chi connectivity index (χ1v) is 13.5. The van der Waals surface area contributed by atoms with E-state index >= 15 is 0 Å². The number of amides is 1. The summed E-state index contributed by atoms with van der Waals surface area (Å²) in [5.41, 5.74) is -1.69. The van der Waals surface area contributed by atoms with E-state index in [4.69, 9.17) is 14.2 Å². The zero-order chi connectivity index (χ0) is 29.9. The Kier molecular flexibility index (Phi) is 12.1. The average Bonchev–Trinajstić information content (AvgIpc) is 2.91. The van der Waals surface area contributed by atoms with Crippen molar-refractivity contribution < 1.29 is 43.0 Å². The van der Waals surface area contributed by atoms with Gasteiger partial charge in [0.15, 0.2) is 18.2 Å². The summed E-state index contributed by atoms with van der Waals surface area (Å²) in [7, 11) is 0. The molecule has 0 bridgehead atoms. The first kappa shape index (κ1) is 32.2. The van der Waals surface area contributed by atoms with Crippen molar-refractivity contribution in [2.24, 2.45) is 5.92 Å². The third kappa shape index (κ3) is 8.77. The molecule has 0 spiro atoms. The van der Waals surface area contributed by atoms with Gasteiger partial charge in [0, 0.05) is 27.8 Å². The summed E-state index contributed by atoms with van der Waals surface area (Å²) in [5, 5.41) is 2.28. The normalized spacial score (nSPS) is 10.9. The molecule has 2 rings (SSSR count). The highest BCUT2D eigenvalue weighted by molar-refractivity contribution is 7.99. The van der Waals surface area contributed by atoms with Gasteiger partial charge in [0.2, 0.25) is 11.4 Å². The Morgan fingerprint density at radius 2 is 1.20 bits per heavy atom. The average molecular weight is 572 g/mol. The molecule has 10 nitrogen and oxygen atoms in total. The molecule has 0 fully saturated rings. The topological polar surface area (TPSA) is 142 Å². The van der Waals surface area contributed by atoms with Crippen molar-refractivity contribution in [1.29, 1.82) is 0 Å². The summed E-state index contributed by atoms with van der Waals surface area (Å²) in [5.74, 6) is -4.51. The van der Waals surface area contributed by atoms with Crippen LogP contribution < -0.4 is 5.32 Å². The van der Waals surface area contributed by atoms with E-state index in [9.17, 15) is 28.8 Å². The second-order valence-electron chi connectivity index (χ2n) is 8.96. The molecule has 0 saturated carbocycles. The van der Waals surface area contributed by atoms with E-state index in [0.29, 0.717) is 5.56 Å². The minimum absolute atomic E-state index is 0.0690. The largest absolute Gasteiger partial charge is 0.464 e. The van der Waals surface area contributed by atoms with E-state index < -0.39 is 41.6 Å². The quantitative estimate of drug-likeness (QED) is 0.154. The van der Waals surface area contributed by atoms with Crippen LogP contribution in [0.5, 0.6) is 0 Å². The van der Waals surface area contributed by atoms with Gasteiger partial charge in [0.1, 0.15) is 0 Å². The molecule has 0 aromatic heterocycles. The third-order valence-electron chi connectivity index (χ3n) is 5.47. The van der Waals surface area contributed by atoms with Crippen LogP contribution in [-0.2, 0) is 33.4 Å². The van der Waals surface area contributed by atoms with Gasteiger partial charge in [0.25, 0.3) is 0 Å². The van der Waals surface area contributed by atoms with E-state index in [1.165, 1.54) is 25.6 Å². The van der Waals surface area contributed by atoms with Gasteiger partial charge in [-0.25, -0.2) is 9.59 Å². The Morgan fingerprint density at radius 3 is 1.60 bits per heavy atom. The van der Waals surface area contributed by atoms with E-state index in [0.717, 1.165) is 16.7 Å². The van der Waals surface area contributed by atoms with Crippen molar-refractivity contribution in [3.63, 3.8) is 0 Å². The summed E-state index contributed by atoms with van der Waals surface area (Å²) < 4.78 is 15.0. The lowest BCUT2D eigenvalue weighted by Crippen LogP contribution is -2.62. The Labute approximate surface area is 237 Å². The predicted octanol–water partition coefficient (Wildman–Crippen LogP) is 3.79. The molecule has 2 aromatic carbocycles. The number of esters is 3. The molecule has 11 heteroatoms. The van der Waals surface area contributed by atoms with Gasteiger partial charge < -0.3 is 19.5 Å². The molecule has 0 aliphatic heterocycles. The van der Waals surface area contributed by atoms with Crippen molar-refractivity contribution in [2.75, 3.05) is 19.8 Å². The summed E-state index contributed by atoms with van der Waals surface area (Å²) in [6, 6.07) is 13.2. The van der Waals surface area contributed by atoms with Crippen molar-refractivity contribution in [2.45, 2.75) is 56.4 Å². The zero-order valence-electron chi connectivity index (χ0n) is 23.1. The minimum Gasteiger partial charge on any atom is -0.464 e. The third-order valence-corrected chi connectivity index (χ3v) is 6.48. The summed E-state index contributed by atoms with van der Waals surface area (Å²) in [6.07, 6.45) is -0.682. The maximum absolute atomic E-state index is 13.1. The highest BCUT2D eigenvalue weighted by atomic mass is 32.2. The molecule has 0 aliphatic carbocycles. The Balaban J connectivity index is 2.14. The standard InChI is InChI=1S/C29H33NO9S/c1-6-37-27(35)29(30-19(5)31,28(36)38-7-2)16-24(32)20-8-12-22(13-9-20)40-23-14-10-21(11-15-23)25(33)17-39-26(34)18(3)4/h8-15,18H,6-7,16-17H2,1-5H3,(H,30,31). The molecule has 1 amide bonds. The summed E-state index contributed by atoms with van der Waals surface area (Å²) in [4.78, 5) is 76.0. The molecule has 0 radical (unpaired) electrons. The molecule has 214 valence electrons. The smallest absolute Gasteiger partial charge is 0.344 e. The number of hydrogen-bond acceptors (Lipinski definition) is 10. The van der Waals surface area contributed by atoms with Gasteiger partial charge in [-0.15, -0.1) is 0 Å². The van der Waals surface area contributed by atoms with Gasteiger partial charge in [0.05, 0.1) is 25.6 Å². The van der Waals surface area contributed by atoms with Gasteiger partial charge in [-0.1, -0.05) is 49.9 Å². The second-order valence-corrected chi connectivity index (χ2v) is 10.1. The number of hydrogen-bond donors (Lipinski definition) is 1. The predicted molar refractivity (Wildman–Crippen MR) is 146 cm³/mol. The van der Waals surface area contributed by atoms with Crippen LogP contribution in [0.25, 0.3) is 0 Å². The van der Waals surface area contributed by atoms with Crippen LogP contribution >= 0.6 is 11.8 Å². The lowest BCUT2D eigenvalue weighted by molar-refractivity contribution is -0.167. The maximum Gasteiger partial charge on any atom is 0.344 e. The fourth-order valence-electron chi connectivity index (χ4n) is 3.47. The maximum atomic E-state index is 13.1. The van der Waals surface area contributed by atoms with Crippen LogP contribution in [0, 0.1) is 5.92 Å². The molecule has 0 heterocycles. The van der Waals surface area contributed by atoms with Gasteiger partial charge >= 0.3 is 17.9 Å². The van der Waals surface area contributed by atoms with Crippen LogP contribution in [0.1, 0.15) is 61.8 Å². The fourth-order valence-corrected chi connectivity index (χ4v) is 4.28. The number of ketones is 2. The SMILES string of the molecule is CCOC(=O)C(CC(=O)c1ccc(Sc2ccc(C(=O)COC(=O)C(C)C)cc2)cc1)(NC(C)=O)C(=O)OCC. The number of nitrogens with one attached hydrogen (secondary N) is 1. The summed E-state index contributed by atoms with van der Waals surface area (Å²) in [6.45, 7) is 7.11. The second kappa shape index (κ2) is 15.0. The molecular formula is C29H33NO9S.